The summed E-state index contributed by atoms with van der Waals surface area (Å²) in [5.74, 6) is -2.24. The van der Waals surface area contributed by atoms with Gasteiger partial charge in [-0.05, 0) is 48.9 Å². The van der Waals surface area contributed by atoms with E-state index in [-0.39, 0.29) is 11.1 Å². The first-order chi connectivity index (χ1) is 11.5. The number of carboxylic acids is 2. The largest absolute Gasteiger partial charge is 0.478 e. The van der Waals surface area contributed by atoms with Crippen LogP contribution in [0.4, 0.5) is 0 Å². The molecule has 0 aliphatic carbocycles. The van der Waals surface area contributed by atoms with Crippen molar-refractivity contribution in [3.8, 4) is 5.69 Å². The van der Waals surface area contributed by atoms with E-state index in [0.29, 0.717) is 5.56 Å². The maximum absolute atomic E-state index is 10.5. The molecule has 0 fully saturated rings. The topological polar surface area (TPSA) is 92.4 Å². The molecule has 0 saturated heterocycles. The van der Waals surface area contributed by atoms with Crippen molar-refractivity contribution in [2.24, 2.45) is 0 Å². The minimum atomic E-state index is -1.12. The maximum Gasteiger partial charge on any atom is 0.335 e. The Kier molecular flexibility index (Phi) is 5.46. The smallest absolute Gasteiger partial charge is 0.335 e. The van der Waals surface area contributed by atoms with E-state index in [1.807, 2.05) is 47.3 Å². The minimum absolute atomic E-state index is 0.00241. The molecule has 6 nitrogen and oxygen atoms in total. The van der Waals surface area contributed by atoms with E-state index < -0.39 is 11.9 Å². The number of para-hydroxylation sites is 1. The molecular formula is C18H16N2O4. The Morgan fingerprint density at radius 1 is 0.917 bits per heavy atom. The summed E-state index contributed by atoms with van der Waals surface area (Å²) in [5.41, 5.74) is 1.71. The molecular weight excluding hydrogens is 308 g/mol. The summed E-state index contributed by atoms with van der Waals surface area (Å²) >= 11 is 0. The van der Waals surface area contributed by atoms with Crippen LogP contribution in [0, 0.1) is 6.92 Å². The van der Waals surface area contributed by atoms with E-state index in [2.05, 4.69) is 5.10 Å². The first kappa shape index (κ1) is 17.0. The molecule has 0 radical (unpaired) electrons. The summed E-state index contributed by atoms with van der Waals surface area (Å²) in [7, 11) is 0. The number of hydrogen-bond donors (Lipinski definition) is 2. The van der Waals surface area contributed by atoms with Gasteiger partial charge >= 0.3 is 11.9 Å². The molecule has 0 saturated carbocycles. The van der Waals surface area contributed by atoms with E-state index in [1.165, 1.54) is 12.1 Å². The van der Waals surface area contributed by atoms with Crippen molar-refractivity contribution in [2.75, 3.05) is 0 Å². The summed E-state index contributed by atoms with van der Waals surface area (Å²) in [6, 6.07) is 15.9. The summed E-state index contributed by atoms with van der Waals surface area (Å²) in [5, 5.41) is 21.3. The monoisotopic (exact) mass is 324 g/mol. The average molecular weight is 324 g/mol. The van der Waals surface area contributed by atoms with Gasteiger partial charge in [0.2, 0.25) is 0 Å². The van der Waals surface area contributed by atoms with Crippen LogP contribution in [-0.2, 0) is 0 Å². The third kappa shape index (κ3) is 4.54. The van der Waals surface area contributed by atoms with Crippen LogP contribution in [0.25, 0.3) is 5.69 Å². The first-order valence-corrected chi connectivity index (χ1v) is 7.10. The molecule has 2 N–H and O–H groups in total. The van der Waals surface area contributed by atoms with Crippen molar-refractivity contribution in [2.45, 2.75) is 6.92 Å². The third-order valence-electron chi connectivity index (χ3n) is 3.10. The highest BCUT2D eigenvalue weighted by Gasteiger charge is 2.09. The summed E-state index contributed by atoms with van der Waals surface area (Å²) in [6.45, 7) is 1.65. The van der Waals surface area contributed by atoms with Gasteiger partial charge in [0.15, 0.2) is 0 Å². The number of hydrogen-bond acceptors (Lipinski definition) is 3. The van der Waals surface area contributed by atoms with Gasteiger partial charge in [0.05, 0.1) is 16.8 Å². The van der Waals surface area contributed by atoms with Crippen LogP contribution in [0.1, 0.15) is 26.3 Å². The molecule has 122 valence electrons. The van der Waals surface area contributed by atoms with Gasteiger partial charge in [-0.3, -0.25) is 0 Å². The highest BCUT2D eigenvalue weighted by Crippen LogP contribution is 2.09. The molecule has 0 amide bonds. The van der Waals surface area contributed by atoms with Crippen molar-refractivity contribution in [1.82, 2.24) is 9.78 Å². The minimum Gasteiger partial charge on any atom is -0.478 e. The third-order valence-corrected chi connectivity index (χ3v) is 3.10. The van der Waals surface area contributed by atoms with Crippen LogP contribution in [0.3, 0.4) is 0 Å². The van der Waals surface area contributed by atoms with Gasteiger partial charge in [0, 0.05) is 12.4 Å². The van der Waals surface area contributed by atoms with Crippen LogP contribution in [-0.4, -0.2) is 31.9 Å². The standard InChI is InChI=1S/C9H8N2.C9H8O4/c1-2-5-9(6-3-1)11-8-4-7-10-11;1-5-2-6(8(10)11)4-7(3-5)9(12)13/h1-8H;2-4H,1H3,(H,10,11)(H,12,13). The average Bonchev–Trinajstić information content (AvgIpc) is 3.10. The molecule has 0 spiro atoms. The maximum atomic E-state index is 10.5. The Balaban J connectivity index is 0.000000175. The van der Waals surface area contributed by atoms with E-state index in [0.717, 1.165) is 11.8 Å². The van der Waals surface area contributed by atoms with Crippen LogP contribution in [0.2, 0.25) is 0 Å². The molecule has 1 aromatic heterocycles. The van der Waals surface area contributed by atoms with Crippen molar-refractivity contribution < 1.29 is 19.8 Å². The lowest BCUT2D eigenvalue weighted by atomic mass is 10.1. The first-order valence-electron chi connectivity index (χ1n) is 7.10. The van der Waals surface area contributed by atoms with Crippen molar-refractivity contribution in [3.63, 3.8) is 0 Å². The lowest BCUT2D eigenvalue weighted by Gasteiger charge is -1.99. The van der Waals surface area contributed by atoms with E-state index in [1.54, 1.807) is 13.1 Å². The summed E-state index contributed by atoms with van der Waals surface area (Å²) < 4.78 is 1.83. The Morgan fingerprint density at radius 3 is 1.96 bits per heavy atom. The van der Waals surface area contributed by atoms with Crippen molar-refractivity contribution in [3.05, 3.63) is 83.7 Å². The predicted octanol–water partition coefficient (Wildman–Crippen LogP) is 3.26. The molecule has 1 heterocycles. The molecule has 3 rings (SSSR count). The van der Waals surface area contributed by atoms with Crippen molar-refractivity contribution in [1.29, 1.82) is 0 Å². The SMILES string of the molecule is Cc1cc(C(=O)O)cc(C(=O)O)c1.c1ccc(-n2cccn2)cc1. The van der Waals surface area contributed by atoms with Gasteiger partial charge in [0.25, 0.3) is 0 Å². The van der Waals surface area contributed by atoms with Crippen LogP contribution in [0.15, 0.2) is 67.0 Å². The van der Waals surface area contributed by atoms with E-state index in [4.69, 9.17) is 10.2 Å². The zero-order chi connectivity index (χ0) is 17.5. The lowest BCUT2D eigenvalue weighted by molar-refractivity contribution is 0.0696. The molecule has 0 atom stereocenters. The number of aromatic carboxylic acids is 2. The molecule has 0 unspecified atom stereocenters. The van der Waals surface area contributed by atoms with Crippen LogP contribution >= 0.6 is 0 Å². The highest BCUT2D eigenvalue weighted by atomic mass is 16.4. The Bertz CT molecular complexity index is 795. The molecule has 6 heteroatoms. The van der Waals surface area contributed by atoms with Crippen LogP contribution < -0.4 is 0 Å². The second-order valence-corrected chi connectivity index (χ2v) is 4.98. The lowest BCUT2D eigenvalue weighted by Crippen LogP contribution is -2.02. The zero-order valence-electron chi connectivity index (χ0n) is 13.0. The fraction of sp³-hybridized carbons (Fsp3) is 0.0556. The van der Waals surface area contributed by atoms with Gasteiger partial charge in [0.1, 0.15) is 0 Å². The van der Waals surface area contributed by atoms with E-state index >= 15 is 0 Å². The fourth-order valence-electron chi connectivity index (χ4n) is 2.03. The number of aryl methyl sites for hydroxylation is 1. The van der Waals surface area contributed by atoms with Gasteiger partial charge in [-0.2, -0.15) is 5.10 Å². The number of rotatable bonds is 3. The van der Waals surface area contributed by atoms with Crippen molar-refractivity contribution >= 4 is 11.9 Å². The molecule has 3 aromatic rings. The zero-order valence-corrected chi connectivity index (χ0v) is 13.0. The second kappa shape index (κ2) is 7.73. The van der Waals surface area contributed by atoms with Gasteiger partial charge < -0.3 is 10.2 Å². The molecule has 0 aliphatic heterocycles. The normalized spacial score (nSPS) is 9.71. The van der Waals surface area contributed by atoms with Gasteiger partial charge in [-0.25, -0.2) is 14.3 Å². The number of aromatic nitrogens is 2. The molecule has 0 aliphatic rings. The Labute approximate surface area is 138 Å². The molecule has 0 bridgehead atoms. The molecule has 24 heavy (non-hydrogen) atoms. The number of carboxylic acid groups (broad SMARTS) is 2. The summed E-state index contributed by atoms with van der Waals surface area (Å²) in [4.78, 5) is 21.1. The van der Waals surface area contributed by atoms with Gasteiger partial charge in [-0.15, -0.1) is 0 Å². The number of benzene rings is 2. The second-order valence-electron chi connectivity index (χ2n) is 4.98. The Morgan fingerprint density at radius 2 is 1.50 bits per heavy atom. The number of nitrogens with zero attached hydrogens (tertiary/aromatic N) is 2. The fourth-order valence-corrected chi connectivity index (χ4v) is 2.03. The van der Waals surface area contributed by atoms with Crippen LogP contribution in [0.5, 0.6) is 0 Å². The van der Waals surface area contributed by atoms with Gasteiger partial charge in [-0.1, -0.05) is 18.2 Å². The Hall–Kier alpha value is -3.41. The molecule has 2 aromatic carbocycles. The quantitative estimate of drug-likeness (QED) is 0.771. The number of carbonyl (C=O) groups is 2. The predicted molar refractivity (Wildman–Crippen MR) is 88.7 cm³/mol. The summed E-state index contributed by atoms with van der Waals surface area (Å²) in [6.07, 6.45) is 3.70. The van der Waals surface area contributed by atoms with E-state index in [9.17, 15) is 9.59 Å². The highest BCUT2D eigenvalue weighted by molar-refractivity contribution is 5.94.